The standard InChI is InChI=1S/C22H28N2O3S2/c1-22(2,16-17-9-5-4-6-10-17)23-29(26,27)18-11-12-20(28-3)19(15-18)21(25)24-13-7-8-14-24/h4-6,9-12,15,23H,7-8,13-14,16H2,1-3H3. The maximum Gasteiger partial charge on any atom is 0.255 e. The predicted octanol–water partition coefficient (Wildman–Crippen LogP) is 3.94. The highest BCUT2D eigenvalue weighted by atomic mass is 32.2. The summed E-state index contributed by atoms with van der Waals surface area (Å²) in [7, 11) is -3.77. The molecule has 2 aromatic rings. The van der Waals surface area contributed by atoms with E-state index in [0.717, 1.165) is 36.4 Å². The van der Waals surface area contributed by atoms with E-state index in [1.165, 1.54) is 17.8 Å². The molecule has 7 heteroatoms. The molecule has 1 saturated heterocycles. The summed E-state index contributed by atoms with van der Waals surface area (Å²) in [6, 6.07) is 14.6. The van der Waals surface area contributed by atoms with Crippen molar-refractivity contribution in [3.63, 3.8) is 0 Å². The first kappa shape index (κ1) is 21.9. The molecule has 1 N–H and O–H groups in total. The number of amides is 1. The molecule has 1 amide bonds. The fourth-order valence-electron chi connectivity index (χ4n) is 3.68. The van der Waals surface area contributed by atoms with Gasteiger partial charge >= 0.3 is 0 Å². The Morgan fingerprint density at radius 2 is 1.76 bits per heavy atom. The summed E-state index contributed by atoms with van der Waals surface area (Å²) in [6.45, 7) is 5.19. The Labute approximate surface area is 177 Å². The molecule has 1 heterocycles. The van der Waals surface area contributed by atoms with E-state index in [1.54, 1.807) is 17.0 Å². The molecule has 29 heavy (non-hydrogen) atoms. The van der Waals surface area contributed by atoms with Gasteiger partial charge in [0.1, 0.15) is 0 Å². The number of rotatable bonds is 7. The van der Waals surface area contributed by atoms with Crippen LogP contribution in [0.25, 0.3) is 0 Å². The number of carbonyl (C=O) groups is 1. The lowest BCUT2D eigenvalue weighted by molar-refractivity contribution is 0.0789. The summed E-state index contributed by atoms with van der Waals surface area (Å²) in [4.78, 5) is 15.7. The van der Waals surface area contributed by atoms with Crippen LogP contribution < -0.4 is 4.72 Å². The van der Waals surface area contributed by atoms with Gasteiger partial charge in [0.15, 0.2) is 0 Å². The number of carbonyl (C=O) groups excluding carboxylic acids is 1. The molecular weight excluding hydrogens is 404 g/mol. The summed E-state index contributed by atoms with van der Waals surface area (Å²) in [5.41, 5.74) is 0.850. The van der Waals surface area contributed by atoms with Gasteiger partial charge in [0, 0.05) is 23.5 Å². The first-order valence-corrected chi connectivity index (χ1v) is 12.5. The monoisotopic (exact) mass is 432 g/mol. The second-order valence-corrected chi connectivity index (χ2v) is 10.5. The Hall–Kier alpha value is -1.83. The van der Waals surface area contributed by atoms with Gasteiger partial charge in [-0.25, -0.2) is 13.1 Å². The maximum absolute atomic E-state index is 13.1. The van der Waals surface area contributed by atoms with Gasteiger partial charge in [0.2, 0.25) is 10.0 Å². The highest BCUT2D eigenvalue weighted by Crippen LogP contribution is 2.27. The van der Waals surface area contributed by atoms with Gasteiger partial charge in [-0.1, -0.05) is 30.3 Å². The second-order valence-electron chi connectivity index (χ2n) is 8.01. The molecule has 0 saturated carbocycles. The van der Waals surface area contributed by atoms with Crippen LogP contribution in [0.2, 0.25) is 0 Å². The molecule has 0 bridgehead atoms. The van der Waals surface area contributed by atoms with Crippen molar-refractivity contribution in [2.45, 2.75) is 48.4 Å². The molecule has 0 unspecified atom stereocenters. The number of hydrogen-bond acceptors (Lipinski definition) is 4. The van der Waals surface area contributed by atoms with Crippen molar-refractivity contribution < 1.29 is 13.2 Å². The minimum absolute atomic E-state index is 0.0903. The van der Waals surface area contributed by atoms with Crippen LogP contribution in [0.3, 0.4) is 0 Å². The molecule has 3 rings (SSSR count). The lowest BCUT2D eigenvalue weighted by Crippen LogP contribution is -2.45. The van der Waals surface area contributed by atoms with Crippen molar-refractivity contribution in [2.75, 3.05) is 19.3 Å². The number of benzene rings is 2. The van der Waals surface area contributed by atoms with Crippen molar-refractivity contribution in [3.8, 4) is 0 Å². The van der Waals surface area contributed by atoms with E-state index in [1.807, 2.05) is 50.4 Å². The first-order valence-electron chi connectivity index (χ1n) is 9.77. The zero-order valence-electron chi connectivity index (χ0n) is 17.1. The molecule has 1 fully saturated rings. The quantitative estimate of drug-likeness (QED) is 0.673. The molecule has 0 radical (unpaired) electrons. The molecule has 1 aliphatic rings. The number of thioether (sulfide) groups is 1. The van der Waals surface area contributed by atoms with E-state index in [9.17, 15) is 13.2 Å². The normalized spacial score (nSPS) is 14.9. The third-order valence-electron chi connectivity index (χ3n) is 5.00. The fraction of sp³-hybridized carbons (Fsp3) is 0.409. The van der Waals surface area contributed by atoms with Gasteiger partial charge in [-0.3, -0.25) is 4.79 Å². The van der Waals surface area contributed by atoms with Crippen molar-refractivity contribution >= 4 is 27.7 Å². The number of nitrogens with zero attached hydrogens (tertiary/aromatic N) is 1. The van der Waals surface area contributed by atoms with Gasteiger partial charge in [-0.05, 0) is 63.1 Å². The summed E-state index contributed by atoms with van der Waals surface area (Å²) in [5.74, 6) is -0.0903. The summed E-state index contributed by atoms with van der Waals surface area (Å²) in [5, 5.41) is 0. The van der Waals surface area contributed by atoms with Crippen LogP contribution >= 0.6 is 11.8 Å². The van der Waals surface area contributed by atoms with Crippen LogP contribution in [0.1, 0.15) is 42.6 Å². The number of likely N-dealkylation sites (tertiary alicyclic amines) is 1. The van der Waals surface area contributed by atoms with E-state index < -0.39 is 15.6 Å². The third kappa shape index (κ3) is 5.41. The van der Waals surface area contributed by atoms with Crippen molar-refractivity contribution in [1.82, 2.24) is 9.62 Å². The largest absolute Gasteiger partial charge is 0.339 e. The lowest BCUT2D eigenvalue weighted by atomic mass is 9.96. The molecule has 2 aromatic carbocycles. The lowest BCUT2D eigenvalue weighted by Gasteiger charge is -2.26. The van der Waals surface area contributed by atoms with E-state index >= 15 is 0 Å². The number of hydrogen-bond donors (Lipinski definition) is 1. The average molecular weight is 433 g/mol. The Bertz CT molecular complexity index is 967. The van der Waals surface area contributed by atoms with Crippen LogP contribution in [-0.4, -0.2) is 44.1 Å². The van der Waals surface area contributed by atoms with Gasteiger partial charge in [0.05, 0.1) is 10.5 Å². The molecule has 0 aliphatic carbocycles. The molecule has 5 nitrogen and oxygen atoms in total. The number of nitrogens with one attached hydrogen (secondary N) is 1. The molecule has 156 valence electrons. The fourth-order valence-corrected chi connectivity index (χ4v) is 5.68. The zero-order valence-corrected chi connectivity index (χ0v) is 18.8. The average Bonchev–Trinajstić information content (AvgIpc) is 3.21. The van der Waals surface area contributed by atoms with Crippen LogP contribution in [0.5, 0.6) is 0 Å². The molecular formula is C22H28N2O3S2. The van der Waals surface area contributed by atoms with E-state index in [4.69, 9.17) is 0 Å². The van der Waals surface area contributed by atoms with Gasteiger partial charge < -0.3 is 4.90 Å². The predicted molar refractivity (Wildman–Crippen MR) is 118 cm³/mol. The van der Waals surface area contributed by atoms with Crippen LogP contribution in [0, 0.1) is 0 Å². The van der Waals surface area contributed by atoms with E-state index in [0.29, 0.717) is 12.0 Å². The SMILES string of the molecule is CSc1ccc(S(=O)(=O)NC(C)(C)Cc2ccccc2)cc1C(=O)N1CCCC1. The maximum atomic E-state index is 13.1. The van der Waals surface area contributed by atoms with Gasteiger partial charge in [-0.15, -0.1) is 11.8 Å². The minimum atomic E-state index is -3.77. The van der Waals surface area contributed by atoms with Crippen molar-refractivity contribution in [2.24, 2.45) is 0 Å². The Morgan fingerprint density at radius 1 is 1.10 bits per heavy atom. The Balaban J connectivity index is 1.86. The second kappa shape index (κ2) is 8.90. The van der Waals surface area contributed by atoms with E-state index in [-0.39, 0.29) is 10.8 Å². The smallest absolute Gasteiger partial charge is 0.255 e. The topological polar surface area (TPSA) is 66.5 Å². The highest BCUT2D eigenvalue weighted by molar-refractivity contribution is 7.98. The molecule has 0 atom stereocenters. The third-order valence-corrected chi connectivity index (χ3v) is 7.50. The first-order chi connectivity index (χ1) is 13.7. The van der Waals surface area contributed by atoms with Crippen molar-refractivity contribution in [1.29, 1.82) is 0 Å². The Kier molecular flexibility index (Phi) is 6.71. The summed E-state index contributed by atoms with van der Waals surface area (Å²) >= 11 is 1.45. The number of sulfonamides is 1. The van der Waals surface area contributed by atoms with Crippen LogP contribution in [0.15, 0.2) is 58.3 Å². The van der Waals surface area contributed by atoms with Crippen LogP contribution in [0.4, 0.5) is 0 Å². The van der Waals surface area contributed by atoms with Crippen molar-refractivity contribution in [3.05, 3.63) is 59.7 Å². The molecule has 0 spiro atoms. The Morgan fingerprint density at radius 3 is 2.38 bits per heavy atom. The summed E-state index contributed by atoms with van der Waals surface area (Å²) in [6.07, 6.45) is 4.45. The van der Waals surface area contributed by atoms with Gasteiger partial charge in [0.25, 0.3) is 5.91 Å². The minimum Gasteiger partial charge on any atom is -0.339 e. The molecule has 1 aliphatic heterocycles. The zero-order chi connectivity index (χ0) is 21.1. The van der Waals surface area contributed by atoms with E-state index in [2.05, 4.69) is 4.72 Å². The highest BCUT2D eigenvalue weighted by Gasteiger charge is 2.29. The van der Waals surface area contributed by atoms with Crippen LogP contribution in [-0.2, 0) is 16.4 Å². The van der Waals surface area contributed by atoms with Gasteiger partial charge in [-0.2, -0.15) is 0 Å². The summed E-state index contributed by atoms with van der Waals surface area (Å²) < 4.78 is 29.0. The molecule has 0 aromatic heterocycles.